The summed E-state index contributed by atoms with van der Waals surface area (Å²) in [5.41, 5.74) is 8.71. The van der Waals surface area contributed by atoms with E-state index < -0.39 is 0 Å². The molecule has 0 amide bonds. The molecule has 0 aliphatic carbocycles. The van der Waals surface area contributed by atoms with Gasteiger partial charge in [0.25, 0.3) is 0 Å². The number of rotatable bonds is 5. The second kappa shape index (κ2) is 10.5. The molecule has 3 heterocycles. The number of hydrogen-bond donors (Lipinski definition) is 0. The molecule has 0 atom stereocenters. The molecule has 0 N–H and O–H groups in total. The summed E-state index contributed by atoms with van der Waals surface area (Å²) in [5.74, 6) is 1.79. The summed E-state index contributed by atoms with van der Waals surface area (Å²) in [4.78, 5) is 19.3. The molecule has 0 spiro atoms. The Labute approximate surface area is 248 Å². The highest BCUT2D eigenvalue weighted by atomic mass is 16.3. The van der Waals surface area contributed by atoms with Crippen LogP contribution in [0.25, 0.3) is 78.5 Å². The van der Waals surface area contributed by atoms with Crippen molar-refractivity contribution in [1.82, 2.24) is 19.9 Å². The van der Waals surface area contributed by atoms with Crippen LogP contribution < -0.4 is 0 Å². The van der Waals surface area contributed by atoms with Crippen LogP contribution in [0.4, 0.5) is 0 Å². The van der Waals surface area contributed by atoms with Crippen LogP contribution in [0.3, 0.4) is 0 Å². The van der Waals surface area contributed by atoms with E-state index in [0.717, 1.165) is 44.2 Å². The van der Waals surface area contributed by atoms with E-state index in [2.05, 4.69) is 77.8 Å². The lowest BCUT2D eigenvalue weighted by Gasteiger charge is -2.10. The van der Waals surface area contributed by atoms with Crippen molar-refractivity contribution < 1.29 is 4.42 Å². The molecule has 202 valence electrons. The molecule has 0 aliphatic rings. The number of hydrogen-bond acceptors (Lipinski definition) is 5. The lowest BCUT2D eigenvalue weighted by Crippen LogP contribution is -2.00. The van der Waals surface area contributed by atoms with Gasteiger partial charge in [-0.2, -0.15) is 0 Å². The number of nitrogens with zero attached hydrogens (tertiary/aromatic N) is 4. The van der Waals surface area contributed by atoms with Crippen LogP contribution in [-0.4, -0.2) is 19.9 Å². The molecule has 5 heteroatoms. The Morgan fingerprint density at radius 2 is 0.860 bits per heavy atom. The van der Waals surface area contributed by atoms with Crippen molar-refractivity contribution >= 4 is 22.1 Å². The summed E-state index contributed by atoms with van der Waals surface area (Å²) in [6, 6.07) is 47.3. The van der Waals surface area contributed by atoms with Crippen LogP contribution in [0.5, 0.6) is 0 Å². The number of benzene rings is 5. The van der Waals surface area contributed by atoms with Gasteiger partial charge in [0, 0.05) is 28.3 Å². The van der Waals surface area contributed by atoms with Crippen LogP contribution in [0.15, 0.2) is 150 Å². The molecule has 5 aromatic carbocycles. The van der Waals surface area contributed by atoms with Gasteiger partial charge in [-0.25, -0.2) is 19.9 Å². The molecule has 8 rings (SSSR count). The monoisotopic (exact) mass is 552 g/mol. The molecule has 0 radical (unpaired) electrons. The molecular formula is C38H24N4O. The molecular weight excluding hydrogens is 528 g/mol. The summed E-state index contributed by atoms with van der Waals surface area (Å²) in [6.07, 6.45) is 1.74. The van der Waals surface area contributed by atoms with Crippen LogP contribution >= 0.6 is 0 Å². The smallest absolute Gasteiger partial charge is 0.228 e. The van der Waals surface area contributed by atoms with Crippen molar-refractivity contribution in [3.63, 3.8) is 0 Å². The lowest BCUT2D eigenvalue weighted by molar-refractivity contribution is 0.654. The normalized spacial score (nSPS) is 11.3. The molecule has 3 aromatic heterocycles. The maximum atomic E-state index is 6.05. The van der Waals surface area contributed by atoms with E-state index in [1.165, 1.54) is 11.1 Å². The minimum Gasteiger partial charge on any atom is -0.438 e. The van der Waals surface area contributed by atoms with Gasteiger partial charge < -0.3 is 4.42 Å². The lowest BCUT2D eigenvalue weighted by atomic mass is 9.99. The summed E-state index contributed by atoms with van der Waals surface area (Å²) < 4.78 is 6.05. The molecule has 0 saturated heterocycles. The van der Waals surface area contributed by atoms with Crippen LogP contribution in [-0.2, 0) is 0 Å². The minimum atomic E-state index is 0.560. The van der Waals surface area contributed by atoms with E-state index in [1.54, 1.807) is 6.20 Å². The van der Waals surface area contributed by atoms with Gasteiger partial charge in [0.15, 0.2) is 17.5 Å². The molecule has 0 unspecified atom stereocenters. The fourth-order valence-corrected chi connectivity index (χ4v) is 5.47. The van der Waals surface area contributed by atoms with Crippen molar-refractivity contribution in [3.05, 3.63) is 146 Å². The first-order valence-electron chi connectivity index (χ1n) is 14.1. The molecule has 0 bridgehead atoms. The van der Waals surface area contributed by atoms with Gasteiger partial charge >= 0.3 is 0 Å². The predicted octanol–water partition coefficient (Wildman–Crippen LogP) is 9.50. The Morgan fingerprint density at radius 1 is 0.395 bits per heavy atom. The van der Waals surface area contributed by atoms with E-state index in [-0.39, 0.29) is 0 Å². The fourth-order valence-electron chi connectivity index (χ4n) is 5.47. The molecule has 8 aromatic rings. The molecule has 0 aliphatic heterocycles. The van der Waals surface area contributed by atoms with E-state index in [4.69, 9.17) is 19.4 Å². The van der Waals surface area contributed by atoms with Crippen molar-refractivity contribution in [1.29, 1.82) is 0 Å². The maximum absolute atomic E-state index is 6.05. The van der Waals surface area contributed by atoms with Gasteiger partial charge in [-0.15, -0.1) is 0 Å². The standard InChI is InChI=1S/C38H24N4O/c1-3-9-25(10-4-1)26-15-17-27(18-16-26)28-19-21-30(22-20-28)36-40-35(29-11-5-2-6-12-29)41-37(42-36)32-23-24-39-38-34(32)31-13-7-8-14-33(31)43-38/h1-24H. The first-order valence-corrected chi connectivity index (χ1v) is 14.1. The highest BCUT2D eigenvalue weighted by molar-refractivity contribution is 6.10. The zero-order chi connectivity index (χ0) is 28.6. The first-order chi connectivity index (χ1) is 21.3. The second-order valence-electron chi connectivity index (χ2n) is 10.3. The second-order valence-corrected chi connectivity index (χ2v) is 10.3. The molecule has 0 saturated carbocycles. The number of para-hydroxylation sites is 1. The average Bonchev–Trinajstić information content (AvgIpc) is 3.48. The number of aromatic nitrogens is 4. The minimum absolute atomic E-state index is 0.560. The quantitative estimate of drug-likeness (QED) is 0.213. The zero-order valence-electron chi connectivity index (χ0n) is 23.1. The van der Waals surface area contributed by atoms with E-state index in [9.17, 15) is 0 Å². The van der Waals surface area contributed by atoms with Crippen LogP contribution in [0.1, 0.15) is 0 Å². The molecule has 0 fully saturated rings. The van der Waals surface area contributed by atoms with E-state index in [1.807, 2.05) is 66.7 Å². The van der Waals surface area contributed by atoms with E-state index >= 15 is 0 Å². The van der Waals surface area contributed by atoms with Crippen molar-refractivity contribution in [2.75, 3.05) is 0 Å². The third-order valence-electron chi connectivity index (χ3n) is 7.66. The van der Waals surface area contributed by atoms with Gasteiger partial charge in [-0.1, -0.05) is 127 Å². The van der Waals surface area contributed by atoms with Gasteiger partial charge in [0.05, 0.1) is 5.39 Å². The van der Waals surface area contributed by atoms with Gasteiger partial charge in [-0.05, 0) is 34.4 Å². The largest absolute Gasteiger partial charge is 0.438 e. The summed E-state index contributed by atoms with van der Waals surface area (Å²) in [6.45, 7) is 0. The topological polar surface area (TPSA) is 64.7 Å². The predicted molar refractivity (Wildman–Crippen MR) is 172 cm³/mol. The van der Waals surface area contributed by atoms with Crippen LogP contribution in [0, 0.1) is 0 Å². The highest BCUT2D eigenvalue weighted by Gasteiger charge is 2.18. The Balaban J connectivity index is 1.22. The number of fused-ring (bicyclic) bond motifs is 3. The third-order valence-corrected chi connectivity index (χ3v) is 7.66. The number of furan rings is 1. The summed E-state index contributed by atoms with van der Waals surface area (Å²) in [7, 11) is 0. The third kappa shape index (κ3) is 4.63. The summed E-state index contributed by atoms with van der Waals surface area (Å²) in [5, 5.41) is 1.87. The zero-order valence-corrected chi connectivity index (χ0v) is 23.1. The van der Waals surface area contributed by atoms with Crippen molar-refractivity contribution in [2.24, 2.45) is 0 Å². The summed E-state index contributed by atoms with van der Waals surface area (Å²) >= 11 is 0. The maximum Gasteiger partial charge on any atom is 0.228 e. The Hall–Kier alpha value is -5.94. The van der Waals surface area contributed by atoms with Crippen LogP contribution in [0.2, 0.25) is 0 Å². The van der Waals surface area contributed by atoms with Gasteiger partial charge in [-0.3, -0.25) is 0 Å². The average molecular weight is 553 g/mol. The van der Waals surface area contributed by atoms with Crippen molar-refractivity contribution in [2.45, 2.75) is 0 Å². The fraction of sp³-hybridized carbons (Fsp3) is 0. The van der Waals surface area contributed by atoms with E-state index in [0.29, 0.717) is 23.2 Å². The highest BCUT2D eigenvalue weighted by Crippen LogP contribution is 2.35. The Bertz CT molecular complexity index is 2210. The Kier molecular flexibility index (Phi) is 6.05. The van der Waals surface area contributed by atoms with Gasteiger partial charge in [0.1, 0.15) is 5.58 Å². The molecule has 43 heavy (non-hydrogen) atoms. The van der Waals surface area contributed by atoms with Gasteiger partial charge in [0.2, 0.25) is 5.71 Å². The number of pyridine rings is 1. The Morgan fingerprint density at radius 3 is 1.49 bits per heavy atom. The van der Waals surface area contributed by atoms with Crippen molar-refractivity contribution in [3.8, 4) is 56.4 Å². The first kappa shape index (κ1) is 24.8. The SMILES string of the molecule is c1ccc(-c2ccc(-c3ccc(-c4nc(-c5ccccc5)nc(-c5ccnc6oc7ccccc7c56)n4)cc3)cc2)cc1. The molecule has 5 nitrogen and oxygen atoms in total.